The van der Waals surface area contributed by atoms with E-state index < -0.39 is 5.97 Å². The molecule has 0 aliphatic carbocycles. The number of nitrogens with zero attached hydrogens (tertiary/aromatic N) is 1. The molecule has 2 amide bonds. The van der Waals surface area contributed by atoms with Gasteiger partial charge in [-0.15, -0.1) is 6.58 Å². The van der Waals surface area contributed by atoms with Crippen molar-refractivity contribution in [3.63, 3.8) is 0 Å². The number of carbonyl (C=O) groups excluding carboxylic acids is 1. The normalized spacial score (nSPS) is 21.6. The number of likely N-dealkylation sites (tertiary alicyclic amines) is 1. The molecule has 2 atom stereocenters. The lowest BCUT2D eigenvalue weighted by molar-refractivity contribution is -0.137. The maximum atomic E-state index is 11.8. The van der Waals surface area contributed by atoms with Crippen molar-refractivity contribution >= 4 is 12.0 Å². The monoisotopic (exact) mass is 226 g/mol. The van der Waals surface area contributed by atoms with Crippen LogP contribution in [0.5, 0.6) is 0 Å². The number of rotatable bonds is 4. The van der Waals surface area contributed by atoms with E-state index in [0.29, 0.717) is 6.54 Å². The molecule has 0 bridgehead atoms. The average Bonchev–Trinajstić information content (AvgIpc) is 2.64. The minimum atomic E-state index is -0.860. The number of aliphatic carboxylic acids is 1. The number of hydrogen-bond donors (Lipinski definition) is 2. The molecule has 0 aromatic heterocycles. The van der Waals surface area contributed by atoms with Gasteiger partial charge in [0.05, 0.1) is 6.42 Å². The molecule has 5 nitrogen and oxygen atoms in total. The van der Waals surface area contributed by atoms with E-state index in [9.17, 15) is 9.59 Å². The zero-order valence-corrected chi connectivity index (χ0v) is 9.48. The molecule has 2 unspecified atom stereocenters. The van der Waals surface area contributed by atoms with Crippen molar-refractivity contribution in [2.45, 2.75) is 38.3 Å². The van der Waals surface area contributed by atoms with Crippen molar-refractivity contribution in [2.24, 2.45) is 0 Å². The van der Waals surface area contributed by atoms with Crippen LogP contribution in [0.25, 0.3) is 0 Å². The highest BCUT2D eigenvalue weighted by Crippen LogP contribution is 2.20. The van der Waals surface area contributed by atoms with Crippen LogP contribution in [0.4, 0.5) is 4.79 Å². The highest BCUT2D eigenvalue weighted by Gasteiger charge is 2.30. The standard InChI is InChI=1S/C11H18N2O3/c1-3-8(2)12-11(16)13-6-4-5-9(13)7-10(14)15/h3,8-9H,1,4-7H2,2H3,(H,12,16)(H,14,15). The van der Waals surface area contributed by atoms with E-state index in [-0.39, 0.29) is 24.5 Å². The van der Waals surface area contributed by atoms with Gasteiger partial charge in [-0.25, -0.2) is 4.79 Å². The average molecular weight is 226 g/mol. The van der Waals surface area contributed by atoms with Crippen molar-refractivity contribution in [3.05, 3.63) is 12.7 Å². The molecule has 1 fully saturated rings. The van der Waals surface area contributed by atoms with E-state index in [4.69, 9.17) is 5.11 Å². The van der Waals surface area contributed by atoms with E-state index in [0.717, 1.165) is 12.8 Å². The van der Waals surface area contributed by atoms with Crippen LogP contribution in [0.1, 0.15) is 26.2 Å². The molecule has 2 N–H and O–H groups in total. The molecule has 0 aromatic carbocycles. The topological polar surface area (TPSA) is 69.6 Å². The van der Waals surface area contributed by atoms with Gasteiger partial charge in [-0.2, -0.15) is 0 Å². The maximum Gasteiger partial charge on any atom is 0.318 e. The van der Waals surface area contributed by atoms with Gasteiger partial charge in [0, 0.05) is 18.6 Å². The number of carbonyl (C=O) groups is 2. The maximum absolute atomic E-state index is 11.8. The molecule has 0 radical (unpaired) electrons. The molecular weight excluding hydrogens is 208 g/mol. The van der Waals surface area contributed by atoms with Gasteiger partial charge < -0.3 is 15.3 Å². The third kappa shape index (κ3) is 3.25. The number of amides is 2. The fourth-order valence-electron chi connectivity index (χ4n) is 1.85. The molecule has 1 rings (SSSR count). The second-order valence-corrected chi connectivity index (χ2v) is 4.06. The fraction of sp³-hybridized carbons (Fsp3) is 0.636. The Hall–Kier alpha value is -1.52. The van der Waals surface area contributed by atoms with Gasteiger partial charge in [-0.1, -0.05) is 6.08 Å². The van der Waals surface area contributed by atoms with Crippen molar-refractivity contribution in [1.82, 2.24) is 10.2 Å². The molecule has 90 valence electrons. The summed E-state index contributed by atoms with van der Waals surface area (Å²) in [6, 6.07) is -0.468. The lowest BCUT2D eigenvalue weighted by Gasteiger charge is -2.25. The second kappa shape index (κ2) is 5.53. The first kappa shape index (κ1) is 12.5. The van der Waals surface area contributed by atoms with Gasteiger partial charge in [0.15, 0.2) is 0 Å². The molecule has 1 aliphatic rings. The Morgan fingerprint density at radius 2 is 2.38 bits per heavy atom. The van der Waals surface area contributed by atoms with Crippen molar-refractivity contribution < 1.29 is 14.7 Å². The quantitative estimate of drug-likeness (QED) is 0.708. The van der Waals surface area contributed by atoms with E-state index in [1.165, 1.54) is 0 Å². The number of carboxylic acids is 1. The van der Waals surface area contributed by atoms with Gasteiger partial charge in [0.1, 0.15) is 0 Å². The van der Waals surface area contributed by atoms with Crippen LogP contribution in [0.3, 0.4) is 0 Å². The summed E-state index contributed by atoms with van der Waals surface area (Å²) in [6.07, 6.45) is 3.30. The van der Waals surface area contributed by atoms with Crippen molar-refractivity contribution in [2.75, 3.05) is 6.54 Å². The molecule has 0 aromatic rings. The minimum absolute atomic E-state index is 0.0237. The molecule has 1 saturated heterocycles. The molecule has 0 spiro atoms. The summed E-state index contributed by atoms with van der Waals surface area (Å²) in [6.45, 7) is 6.04. The third-order valence-electron chi connectivity index (χ3n) is 2.75. The van der Waals surface area contributed by atoms with Crippen LogP contribution in [0, 0.1) is 0 Å². The van der Waals surface area contributed by atoms with Gasteiger partial charge in [-0.05, 0) is 19.8 Å². The molecule has 5 heteroatoms. The van der Waals surface area contributed by atoms with Crippen molar-refractivity contribution in [1.29, 1.82) is 0 Å². The molecule has 0 saturated carbocycles. The smallest absolute Gasteiger partial charge is 0.318 e. The number of carboxylic acid groups (broad SMARTS) is 1. The van der Waals surface area contributed by atoms with Crippen LogP contribution >= 0.6 is 0 Å². The third-order valence-corrected chi connectivity index (χ3v) is 2.75. The first-order valence-corrected chi connectivity index (χ1v) is 5.46. The Morgan fingerprint density at radius 1 is 1.69 bits per heavy atom. The lowest BCUT2D eigenvalue weighted by atomic mass is 10.1. The van der Waals surface area contributed by atoms with E-state index in [1.54, 1.807) is 11.0 Å². The van der Waals surface area contributed by atoms with Gasteiger partial charge in [-0.3, -0.25) is 4.79 Å². The molecule has 16 heavy (non-hydrogen) atoms. The van der Waals surface area contributed by atoms with Crippen LogP contribution in [-0.2, 0) is 4.79 Å². The van der Waals surface area contributed by atoms with Gasteiger partial charge >= 0.3 is 12.0 Å². The Kier molecular flexibility index (Phi) is 4.34. The molecule has 1 heterocycles. The Morgan fingerprint density at radius 3 is 2.94 bits per heavy atom. The first-order chi connectivity index (χ1) is 7.54. The summed E-state index contributed by atoms with van der Waals surface area (Å²) in [4.78, 5) is 24.0. The van der Waals surface area contributed by atoms with E-state index in [1.807, 2.05) is 6.92 Å². The molecular formula is C11H18N2O3. The number of urea groups is 1. The van der Waals surface area contributed by atoms with Crippen LogP contribution in [-0.4, -0.2) is 40.6 Å². The molecule has 1 aliphatic heterocycles. The zero-order valence-electron chi connectivity index (χ0n) is 9.48. The predicted molar refractivity (Wildman–Crippen MR) is 60.2 cm³/mol. The SMILES string of the molecule is C=CC(C)NC(=O)N1CCCC1CC(=O)O. The summed E-state index contributed by atoms with van der Waals surface area (Å²) in [5, 5.41) is 11.5. The Balaban J connectivity index is 2.53. The predicted octanol–water partition coefficient (Wildman–Crippen LogP) is 1.21. The van der Waals surface area contributed by atoms with E-state index >= 15 is 0 Å². The minimum Gasteiger partial charge on any atom is -0.481 e. The second-order valence-electron chi connectivity index (χ2n) is 4.06. The summed E-state index contributed by atoms with van der Waals surface area (Å²) >= 11 is 0. The lowest BCUT2D eigenvalue weighted by Crippen LogP contribution is -2.46. The highest BCUT2D eigenvalue weighted by molar-refractivity contribution is 5.76. The summed E-state index contributed by atoms with van der Waals surface area (Å²) in [5.41, 5.74) is 0. The summed E-state index contributed by atoms with van der Waals surface area (Å²) in [5.74, 6) is -0.860. The van der Waals surface area contributed by atoms with E-state index in [2.05, 4.69) is 11.9 Å². The largest absolute Gasteiger partial charge is 0.481 e. The van der Waals surface area contributed by atoms with Crippen molar-refractivity contribution in [3.8, 4) is 0 Å². The van der Waals surface area contributed by atoms with Crippen LogP contribution < -0.4 is 5.32 Å². The van der Waals surface area contributed by atoms with Crippen LogP contribution in [0.15, 0.2) is 12.7 Å². The Bertz CT molecular complexity index is 291. The van der Waals surface area contributed by atoms with Gasteiger partial charge in [0.2, 0.25) is 0 Å². The fourth-order valence-corrected chi connectivity index (χ4v) is 1.85. The number of hydrogen-bond acceptors (Lipinski definition) is 2. The van der Waals surface area contributed by atoms with Crippen LogP contribution in [0.2, 0.25) is 0 Å². The summed E-state index contributed by atoms with van der Waals surface area (Å²) in [7, 11) is 0. The first-order valence-electron chi connectivity index (χ1n) is 5.46. The summed E-state index contributed by atoms with van der Waals surface area (Å²) < 4.78 is 0. The van der Waals surface area contributed by atoms with Gasteiger partial charge in [0.25, 0.3) is 0 Å². The zero-order chi connectivity index (χ0) is 12.1. The number of nitrogens with one attached hydrogen (secondary N) is 1. The highest BCUT2D eigenvalue weighted by atomic mass is 16.4. The Labute approximate surface area is 95.1 Å².